The maximum Gasteiger partial charge on any atom is 0.138 e. The van der Waals surface area contributed by atoms with Gasteiger partial charge in [0.2, 0.25) is 0 Å². The molecule has 2 heteroatoms. The maximum absolute atomic E-state index is 4.64. The van der Waals surface area contributed by atoms with Crippen molar-refractivity contribution in [2.75, 3.05) is 0 Å². The van der Waals surface area contributed by atoms with Crippen LogP contribution >= 0.6 is 0 Å². The van der Waals surface area contributed by atoms with Gasteiger partial charge in [0.1, 0.15) is 5.65 Å². The molecule has 0 amide bonds. The van der Waals surface area contributed by atoms with Crippen LogP contribution in [0.1, 0.15) is 47.8 Å². The summed E-state index contributed by atoms with van der Waals surface area (Å²) in [7, 11) is 0. The van der Waals surface area contributed by atoms with Gasteiger partial charge in [0, 0.05) is 16.8 Å². The molecule has 16 heavy (non-hydrogen) atoms. The van der Waals surface area contributed by atoms with E-state index in [1.807, 2.05) is 0 Å². The smallest absolute Gasteiger partial charge is 0.138 e. The molecule has 0 radical (unpaired) electrons. The number of nitrogens with one attached hydrogen (secondary N) is 1. The Morgan fingerprint density at radius 3 is 2.19 bits per heavy atom. The second-order valence-corrected chi connectivity index (χ2v) is 4.99. The zero-order valence-corrected chi connectivity index (χ0v) is 11.0. The van der Waals surface area contributed by atoms with Gasteiger partial charge in [0.05, 0.1) is 0 Å². The Bertz CT molecular complexity index is 548. The van der Waals surface area contributed by atoms with Crippen LogP contribution in [-0.4, -0.2) is 9.97 Å². The normalized spacial score (nSPS) is 11.7. The van der Waals surface area contributed by atoms with E-state index in [0.717, 1.165) is 11.3 Å². The minimum atomic E-state index is 0.538. The fourth-order valence-corrected chi connectivity index (χ4v) is 2.52. The van der Waals surface area contributed by atoms with Crippen LogP contribution in [0.5, 0.6) is 0 Å². The molecule has 0 aromatic carbocycles. The molecule has 0 saturated heterocycles. The molecule has 2 rings (SSSR count). The summed E-state index contributed by atoms with van der Waals surface area (Å²) in [5.74, 6) is 0.538. The van der Waals surface area contributed by atoms with E-state index in [2.05, 4.69) is 51.5 Å². The molecular weight excluding hydrogens is 196 g/mol. The van der Waals surface area contributed by atoms with Gasteiger partial charge < -0.3 is 4.98 Å². The first-order chi connectivity index (χ1) is 7.43. The van der Waals surface area contributed by atoms with E-state index >= 15 is 0 Å². The Labute approximate surface area is 97.1 Å². The fraction of sp³-hybridized carbons (Fsp3) is 0.500. The molecule has 0 aliphatic rings. The van der Waals surface area contributed by atoms with Gasteiger partial charge in [0.25, 0.3) is 0 Å². The summed E-state index contributed by atoms with van der Waals surface area (Å²) in [5.41, 5.74) is 7.53. The Balaban J connectivity index is 2.93. The van der Waals surface area contributed by atoms with Crippen LogP contribution < -0.4 is 0 Å². The molecule has 0 fully saturated rings. The van der Waals surface area contributed by atoms with Crippen molar-refractivity contribution in [1.82, 2.24) is 9.97 Å². The van der Waals surface area contributed by atoms with E-state index in [4.69, 9.17) is 0 Å². The second kappa shape index (κ2) is 3.62. The summed E-state index contributed by atoms with van der Waals surface area (Å²) in [6.45, 7) is 13.1. The summed E-state index contributed by atoms with van der Waals surface area (Å²) in [6, 6.07) is 0. The number of H-pyrrole nitrogens is 1. The topological polar surface area (TPSA) is 28.7 Å². The zero-order chi connectivity index (χ0) is 12.0. The number of hydrogen-bond donors (Lipinski definition) is 1. The second-order valence-electron chi connectivity index (χ2n) is 4.99. The lowest BCUT2D eigenvalue weighted by molar-refractivity contribution is 0.863. The van der Waals surface area contributed by atoms with Gasteiger partial charge in [-0.1, -0.05) is 13.8 Å². The average molecular weight is 216 g/mol. The summed E-state index contributed by atoms with van der Waals surface area (Å²) in [6.07, 6.45) is 0. The SMILES string of the molecule is Cc1nc2[nH]c(C)c(C(C)C)c2c(C)c1C. The van der Waals surface area contributed by atoms with E-state index < -0.39 is 0 Å². The van der Waals surface area contributed by atoms with Gasteiger partial charge in [-0.2, -0.15) is 0 Å². The minimum Gasteiger partial charge on any atom is -0.343 e. The van der Waals surface area contributed by atoms with Gasteiger partial charge in [-0.3, -0.25) is 0 Å². The number of pyridine rings is 1. The molecule has 0 aliphatic heterocycles. The summed E-state index contributed by atoms with van der Waals surface area (Å²) in [5, 5.41) is 1.33. The van der Waals surface area contributed by atoms with Crippen molar-refractivity contribution in [1.29, 1.82) is 0 Å². The van der Waals surface area contributed by atoms with E-state index in [1.165, 1.54) is 27.8 Å². The number of rotatable bonds is 1. The number of aryl methyl sites for hydroxylation is 3. The Morgan fingerprint density at radius 1 is 1.00 bits per heavy atom. The fourth-order valence-electron chi connectivity index (χ4n) is 2.52. The number of aromatic amines is 1. The first-order valence-electron chi connectivity index (χ1n) is 5.89. The summed E-state index contributed by atoms with van der Waals surface area (Å²) in [4.78, 5) is 8.05. The van der Waals surface area contributed by atoms with E-state index in [0.29, 0.717) is 5.92 Å². The third-order valence-electron chi connectivity index (χ3n) is 3.55. The van der Waals surface area contributed by atoms with Crippen molar-refractivity contribution < 1.29 is 0 Å². The number of hydrogen-bond acceptors (Lipinski definition) is 1. The largest absolute Gasteiger partial charge is 0.343 e. The third-order valence-corrected chi connectivity index (χ3v) is 3.55. The highest BCUT2D eigenvalue weighted by Crippen LogP contribution is 2.32. The highest BCUT2D eigenvalue weighted by Gasteiger charge is 2.16. The lowest BCUT2D eigenvalue weighted by Gasteiger charge is -2.10. The highest BCUT2D eigenvalue weighted by atomic mass is 14.9. The zero-order valence-electron chi connectivity index (χ0n) is 11.0. The van der Waals surface area contributed by atoms with Gasteiger partial charge in [-0.25, -0.2) is 4.98 Å². The molecule has 2 aromatic heterocycles. The van der Waals surface area contributed by atoms with Crippen molar-refractivity contribution in [3.05, 3.63) is 28.1 Å². The van der Waals surface area contributed by atoms with Crippen molar-refractivity contribution in [2.45, 2.75) is 47.5 Å². The predicted octanol–water partition coefficient (Wildman–Crippen LogP) is 3.92. The third kappa shape index (κ3) is 1.44. The Hall–Kier alpha value is -1.31. The lowest BCUT2D eigenvalue weighted by Crippen LogP contribution is -1.95. The van der Waals surface area contributed by atoms with Crippen molar-refractivity contribution in [2.24, 2.45) is 0 Å². The molecular formula is C14H20N2. The molecule has 0 spiro atoms. The standard InChI is InChI=1S/C14H20N2/c1-7(2)12-11(6)16-14-13(12)9(4)8(3)10(5)15-14/h7H,1-6H3,(H,15,16). The summed E-state index contributed by atoms with van der Waals surface area (Å²) >= 11 is 0. The maximum atomic E-state index is 4.64. The van der Waals surface area contributed by atoms with Crippen molar-refractivity contribution >= 4 is 11.0 Å². The van der Waals surface area contributed by atoms with Crippen LogP contribution in [0.25, 0.3) is 11.0 Å². The number of aromatic nitrogens is 2. The molecule has 0 aliphatic carbocycles. The van der Waals surface area contributed by atoms with Crippen LogP contribution in [-0.2, 0) is 0 Å². The number of fused-ring (bicyclic) bond motifs is 1. The predicted molar refractivity (Wildman–Crippen MR) is 69.1 cm³/mol. The van der Waals surface area contributed by atoms with Crippen molar-refractivity contribution in [3.63, 3.8) is 0 Å². The lowest BCUT2D eigenvalue weighted by atomic mass is 9.96. The summed E-state index contributed by atoms with van der Waals surface area (Å²) < 4.78 is 0. The van der Waals surface area contributed by atoms with Crippen LogP contribution in [0.15, 0.2) is 0 Å². The Kier molecular flexibility index (Phi) is 2.53. The first kappa shape index (κ1) is 11.2. The van der Waals surface area contributed by atoms with E-state index in [1.54, 1.807) is 0 Å². The van der Waals surface area contributed by atoms with Crippen LogP contribution in [0.2, 0.25) is 0 Å². The molecule has 0 saturated carbocycles. The van der Waals surface area contributed by atoms with Gasteiger partial charge >= 0.3 is 0 Å². The van der Waals surface area contributed by atoms with Gasteiger partial charge in [-0.15, -0.1) is 0 Å². The molecule has 0 bridgehead atoms. The van der Waals surface area contributed by atoms with Crippen LogP contribution in [0.4, 0.5) is 0 Å². The van der Waals surface area contributed by atoms with Gasteiger partial charge in [-0.05, 0) is 50.3 Å². The molecule has 0 unspecified atom stereocenters. The Morgan fingerprint density at radius 2 is 1.62 bits per heavy atom. The van der Waals surface area contributed by atoms with Gasteiger partial charge in [0.15, 0.2) is 0 Å². The first-order valence-corrected chi connectivity index (χ1v) is 5.89. The monoisotopic (exact) mass is 216 g/mol. The quantitative estimate of drug-likeness (QED) is 0.769. The molecule has 2 aromatic rings. The highest BCUT2D eigenvalue weighted by molar-refractivity contribution is 5.86. The molecule has 2 nitrogen and oxygen atoms in total. The molecule has 1 N–H and O–H groups in total. The average Bonchev–Trinajstić information content (AvgIpc) is 2.51. The van der Waals surface area contributed by atoms with Crippen molar-refractivity contribution in [3.8, 4) is 0 Å². The van der Waals surface area contributed by atoms with E-state index in [9.17, 15) is 0 Å². The molecule has 0 atom stereocenters. The number of nitrogens with zero attached hydrogens (tertiary/aromatic N) is 1. The van der Waals surface area contributed by atoms with Crippen LogP contribution in [0.3, 0.4) is 0 Å². The molecule has 2 heterocycles. The van der Waals surface area contributed by atoms with Crippen LogP contribution in [0, 0.1) is 27.7 Å². The van der Waals surface area contributed by atoms with E-state index in [-0.39, 0.29) is 0 Å². The minimum absolute atomic E-state index is 0.538. The molecule has 86 valence electrons.